The fraction of sp³-hybridized carbons (Fsp3) is 0.417. The Balaban J connectivity index is 1.36. The Hall–Kier alpha value is -7.23. The Bertz CT molecular complexity index is 2270. The summed E-state index contributed by atoms with van der Waals surface area (Å²) in [5.41, 5.74) is -2.66. The Labute approximate surface area is 339 Å². The maximum atomic E-state index is 12.8. The van der Waals surface area contributed by atoms with Crippen LogP contribution >= 0.6 is 0 Å². The van der Waals surface area contributed by atoms with Gasteiger partial charge < -0.3 is 54.2 Å². The monoisotopic (exact) mass is 843 g/mol. The van der Waals surface area contributed by atoms with Crippen molar-refractivity contribution in [3.8, 4) is 34.8 Å². The molecule has 3 aromatic rings. The molecule has 1 aromatic heterocycles. The predicted octanol–water partition coefficient (Wildman–Crippen LogP) is 0.153. The first-order valence-corrected chi connectivity index (χ1v) is 17.7. The van der Waals surface area contributed by atoms with E-state index in [1.54, 1.807) is 0 Å². The van der Waals surface area contributed by atoms with Crippen molar-refractivity contribution in [2.24, 2.45) is 0 Å². The van der Waals surface area contributed by atoms with E-state index < -0.39 is 77.0 Å². The van der Waals surface area contributed by atoms with Crippen molar-refractivity contribution in [2.75, 3.05) is 54.2 Å². The molecule has 0 aliphatic carbocycles. The van der Waals surface area contributed by atoms with Crippen molar-refractivity contribution in [2.45, 2.75) is 45.0 Å². The van der Waals surface area contributed by atoms with Crippen molar-refractivity contribution in [1.29, 1.82) is 0 Å². The summed E-state index contributed by atoms with van der Waals surface area (Å²) in [5, 5.41) is 40.8. The molecule has 1 saturated heterocycles. The molecule has 0 radical (unpaired) electrons. The van der Waals surface area contributed by atoms with E-state index in [-0.39, 0.29) is 83.9 Å². The Morgan fingerprint density at radius 2 is 1.52 bits per heavy atom. The minimum absolute atomic E-state index is 0.00176. The van der Waals surface area contributed by atoms with Crippen LogP contribution in [0.4, 0.5) is 16.2 Å². The topological polar surface area (TPSA) is 313 Å². The number of rotatable bonds is 19. The zero-order chi connectivity index (χ0) is 43.9. The van der Waals surface area contributed by atoms with Crippen LogP contribution in [0.1, 0.15) is 36.3 Å². The number of benzene rings is 2. The highest BCUT2D eigenvalue weighted by Gasteiger charge is 2.38. The summed E-state index contributed by atoms with van der Waals surface area (Å²) in [7, 11) is 3.95. The van der Waals surface area contributed by atoms with Gasteiger partial charge in [0.15, 0.2) is 29.6 Å². The number of aromatic amines is 1. The normalized spacial score (nSPS) is 15.4. The lowest BCUT2D eigenvalue weighted by atomic mass is 10.1. The second kappa shape index (κ2) is 21.5. The molecule has 0 spiro atoms. The Kier molecular flexibility index (Phi) is 16.3. The Morgan fingerprint density at radius 3 is 2.13 bits per heavy atom. The van der Waals surface area contributed by atoms with Crippen LogP contribution in [0.25, 0.3) is 0 Å². The fourth-order valence-electron chi connectivity index (χ4n) is 5.63. The van der Waals surface area contributed by atoms with Gasteiger partial charge in [-0.1, -0.05) is 11.8 Å². The standard InChI is InChI=1S/C36H41N7O17/c1-20(45)37-8-9-38-32(46)19-58-29-13-25(43(52)53)23(11-27(29)55-3)18-59-36(49)39-7-5-6-21-15-41(35(48)40-34(21)47)33-14-30(31(16-44)60-33)57-17-22-10-26(54-2)28(56-4)12-24(22)42(50)51/h10-13,15,30-31,33,44H,7-9,14,16-19H2,1-4H3,(H,37,45)(H,38,46)(H,39,49)(H,40,47,48)/t30?,31-,33-/m1/s1. The maximum absolute atomic E-state index is 12.8. The molecule has 2 heterocycles. The first kappa shape index (κ1) is 45.5. The highest BCUT2D eigenvalue weighted by atomic mass is 16.6. The third-order valence-electron chi connectivity index (χ3n) is 8.52. The summed E-state index contributed by atoms with van der Waals surface area (Å²) in [5.74, 6) is 4.45. The number of nitro benzene ring substituents is 2. The minimum Gasteiger partial charge on any atom is -0.493 e. The number of nitrogens with zero attached hydrogens (tertiary/aromatic N) is 3. The lowest BCUT2D eigenvalue weighted by molar-refractivity contribution is -0.386. The number of aromatic nitrogens is 2. The smallest absolute Gasteiger partial charge is 0.408 e. The maximum Gasteiger partial charge on any atom is 0.408 e. The van der Waals surface area contributed by atoms with Crippen molar-refractivity contribution < 1.29 is 62.5 Å². The van der Waals surface area contributed by atoms with Gasteiger partial charge in [0.1, 0.15) is 24.5 Å². The zero-order valence-corrected chi connectivity index (χ0v) is 32.6. The number of alkyl carbamates (subject to hydrolysis) is 1. The summed E-state index contributed by atoms with van der Waals surface area (Å²) in [4.78, 5) is 85.1. The first-order valence-electron chi connectivity index (χ1n) is 17.7. The number of hydrogen-bond donors (Lipinski definition) is 5. The summed E-state index contributed by atoms with van der Waals surface area (Å²) in [6.45, 7) is -0.675. The molecule has 3 atom stereocenters. The van der Waals surface area contributed by atoms with Gasteiger partial charge in [-0.05, 0) is 12.1 Å². The molecule has 1 aliphatic heterocycles. The molecular formula is C36H41N7O17. The van der Waals surface area contributed by atoms with Crippen LogP contribution < -0.4 is 46.1 Å². The fourth-order valence-corrected chi connectivity index (χ4v) is 5.63. The number of aliphatic hydroxyl groups excluding tert-OH is 1. The average Bonchev–Trinajstić information content (AvgIpc) is 3.64. The summed E-state index contributed by atoms with van der Waals surface area (Å²) < 4.78 is 38.9. The summed E-state index contributed by atoms with van der Waals surface area (Å²) >= 11 is 0. The van der Waals surface area contributed by atoms with E-state index in [2.05, 4.69) is 32.8 Å². The van der Waals surface area contributed by atoms with Gasteiger partial charge in [0.25, 0.3) is 22.8 Å². The zero-order valence-electron chi connectivity index (χ0n) is 32.6. The van der Waals surface area contributed by atoms with E-state index >= 15 is 0 Å². The van der Waals surface area contributed by atoms with Gasteiger partial charge in [-0.15, -0.1) is 0 Å². The van der Waals surface area contributed by atoms with Crippen LogP contribution in [0.5, 0.6) is 23.0 Å². The van der Waals surface area contributed by atoms with Crippen molar-refractivity contribution in [3.63, 3.8) is 0 Å². The molecule has 1 unspecified atom stereocenters. The first-order chi connectivity index (χ1) is 28.7. The second-order valence-electron chi connectivity index (χ2n) is 12.4. The number of aliphatic hydroxyl groups is 1. The number of methoxy groups -OCH3 is 3. The van der Waals surface area contributed by atoms with E-state index in [1.165, 1.54) is 46.5 Å². The molecule has 24 nitrogen and oxygen atoms in total. The lowest BCUT2D eigenvalue weighted by Crippen LogP contribution is -2.36. The van der Waals surface area contributed by atoms with Gasteiger partial charge in [0.2, 0.25) is 5.91 Å². The molecule has 60 heavy (non-hydrogen) atoms. The highest BCUT2D eigenvalue weighted by Crippen LogP contribution is 2.37. The molecule has 0 bridgehead atoms. The van der Waals surface area contributed by atoms with Crippen LogP contribution in [0.15, 0.2) is 40.1 Å². The molecule has 3 amide bonds. The Morgan fingerprint density at radius 1 is 0.917 bits per heavy atom. The second-order valence-corrected chi connectivity index (χ2v) is 12.4. The minimum atomic E-state index is -1.06. The van der Waals surface area contributed by atoms with Gasteiger partial charge in [-0.2, -0.15) is 0 Å². The molecule has 4 rings (SSSR count). The molecule has 1 fully saturated rings. The van der Waals surface area contributed by atoms with Gasteiger partial charge in [-0.25, -0.2) is 9.59 Å². The van der Waals surface area contributed by atoms with E-state index in [4.69, 9.17) is 33.2 Å². The number of nitro groups is 2. The number of ether oxygens (including phenoxy) is 7. The van der Waals surface area contributed by atoms with Gasteiger partial charge >= 0.3 is 11.8 Å². The molecule has 2 aromatic carbocycles. The van der Waals surface area contributed by atoms with E-state index in [9.17, 15) is 49.3 Å². The number of hydrogen-bond acceptors (Lipinski definition) is 17. The van der Waals surface area contributed by atoms with Crippen LogP contribution in [0, 0.1) is 32.1 Å². The number of carbonyl (C=O) groups is 3. The van der Waals surface area contributed by atoms with Gasteiger partial charge in [0, 0.05) is 32.6 Å². The summed E-state index contributed by atoms with van der Waals surface area (Å²) in [6.07, 6.45) is -2.80. The van der Waals surface area contributed by atoms with E-state index in [0.717, 1.165) is 16.8 Å². The van der Waals surface area contributed by atoms with E-state index in [0.29, 0.717) is 0 Å². The molecule has 5 N–H and O–H groups in total. The molecule has 322 valence electrons. The van der Waals surface area contributed by atoms with Crippen LogP contribution in [0.3, 0.4) is 0 Å². The average molecular weight is 844 g/mol. The number of carbonyl (C=O) groups excluding carboxylic acids is 3. The molecule has 0 saturated carbocycles. The molecular weight excluding hydrogens is 802 g/mol. The van der Waals surface area contributed by atoms with Crippen LogP contribution in [-0.2, 0) is 37.0 Å². The third kappa shape index (κ3) is 12.1. The third-order valence-corrected chi connectivity index (χ3v) is 8.52. The van der Waals surface area contributed by atoms with Crippen LogP contribution in [-0.4, -0.2) is 109 Å². The number of H-pyrrole nitrogens is 1. The SMILES string of the molecule is COc1cc(COC2C[C@H](n3cc(C#CCNC(=O)OCc4cc(OC)c(OCC(=O)NCCNC(C)=O)cc4[N+](=O)[O-])c(=O)[nH]c3=O)O[C@@H]2CO)c([N+](=O)[O-])cc1OC. The van der Waals surface area contributed by atoms with Crippen molar-refractivity contribution in [3.05, 3.63) is 88.2 Å². The number of nitrogens with one attached hydrogen (secondary N) is 4. The van der Waals surface area contributed by atoms with Gasteiger partial charge in [-0.3, -0.25) is 44.2 Å². The van der Waals surface area contributed by atoms with Crippen molar-refractivity contribution in [1.82, 2.24) is 25.5 Å². The quantitative estimate of drug-likeness (QED) is 0.0464. The summed E-state index contributed by atoms with van der Waals surface area (Å²) in [6, 6.07) is 4.78. The molecule has 24 heteroatoms. The number of amides is 3. The predicted molar refractivity (Wildman–Crippen MR) is 204 cm³/mol. The van der Waals surface area contributed by atoms with Crippen LogP contribution in [0.2, 0.25) is 0 Å². The molecule has 1 aliphatic rings. The van der Waals surface area contributed by atoms with Crippen molar-refractivity contribution >= 4 is 29.3 Å². The lowest BCUT2D eigenvalue weighted by Gasteiger charge is -2.17. The van der Waals surface area contributed by atoms with Gasteiger partial charge in [0.05, 0.1) is 80.3 Å². The van der Waals surface area contributed by atoms with E-state index in [1.807, 2.05) is 0 Å². The largest absolute Gasteiger partial charge is 0.493 e. The highest BCUT2D eigenvalue weighted by molar-refractivity contribution is 5.78.